The summed E-state index contributed by atoms with van der Waals surface area (Å²) in [7, 11) is 0. The van der Waals surface area contributed by atoms with E-state index >= 15 is 0 Å². The largest absolute Gasteiger partial charge is 0.442 e. The van der Waals surface area contributed by atoms with Crippen molar-refractivity contribution in [2.75, 3.05) is 0 Å². The summed E-state index contributed by atoms with van der Waals surface area (Å²) < 4.78 is 7.55. The van der Waals surface area contributed by atoms with E-state index in [0.29, 0.717) is 0 Å². The third kappa shape index (κ3) is 3.66. The zero-order valence-electron chi connectivity index (χ0n) is 12.2. The highest BCUT2D eigenvalue weighted by atomic mass is 35.5. The maximum absolute atomic E-state index is 11.9. The number of hydrogen-bond acceptors (Lipinski definition) is 5. The van der Waals surface area contributed by atoms with Crippen molar-refractivity contribution in [2.24, 2.45) is 5.41 Å². The van der Waals surface area contributed by atoms with Gasteiger partial charge in [0.1, 0.15) is 5.15 Å². The number of halogens is 2. The Morgan fingerprint density at radius 2 is 2.00 bits per heavy atom. The summed E-state index contributed by atoms with van der Waals surface area (Å²) in [5, 5.41) is 8.22. The van der Waals surface area contributed by atoms with Crippen LogP contribution >= 0.6 is 23.2 Å². The number of aromatic nitrogens is 4. The van der Waals surface area contributed by atoms with Crippen LogP contribution in [0.3, 0.4) is 0 Å². The van der Waals surface area contributed by atoms with Crippen molar-refractivity contribution in [3.8, 4) is 5.82 Å². The van der Waals surface area contributed by atoms with E-state index in [4.69, 9.17) is 27.9 Å². The summed E-state index contributed by atoms with van der Waals surface area (Å²) in [4.78, 5) is 23.7. The van der Waals surface area contributed by atoms with Gasteiger partial charge in [-0.3, -0.25) is 9.59 Å². The first kappa shape index (κ1) is 16.5. The molecule has 0 bridgehead atoms. The van der Waals surface area contributed by atoms with Crippen molar-refractivity contribution < 1.29 is 9.53 Å². The molecule has 0 aliphatic rings. The lowest BCUT2D eigenvalue weighted by molar-refractivity contribution is -0.157. The van der Waals surface area contributed by atoms with E-state index in [1.165, 1.54) is 27.7 Å². The molecule has 9 heteroatoms. The van der Waals surface area contributed by atoms with Crippen molar-refractivity contribution in [3.05, 3.63) is 38.9 Å². The van der Waals surface area contributed by atoms with Crippen molar-refractivity contribution in [1.82, 2.24) is 19.6 Å². The van der Waals surface area contributed by atoms with Crippen molar-refractivity contribution >= 4 is 29.2 Å². The fourth-order valence-electron chi connectivity index (χ4n) is 1.46. The molecule has 2 aromatic rings. The SMILES string of the molecule is CC(C)(C)C(=O)OCn1nc(-n2ccc(Cl)n2)c(=O)cc1Cl. The molecule has 0 amide bonds. The first-order valence-corrected chi connectivity index (χ1v) is 7.10. The first-order chi connectivity index (χ1) is 10.2. The molecule has 118 valence electrons. The number of nitrogens with zero attached hydrogens (tertiary/aromatic N) is 4. The van der Waals surface area contributed by atoms with Gasteiger partial charge < -0.3 is 4.74 Å². The van der Waals surface area contributed by atoms with Gasteiger partial charge in [-0.1, -0.05) is 23.2 Å². The highest BCUT2D eigenvalue weighted by molar-refractivity contribution is 6.29. The van der Waals surface area contributed by atoms with Crippen LogP contribution in [0.2, 0.25) is 10.3 Å². The minimum absolute atomic E-state index is 0.00288. The number of carbonyl (C=O) groups excluding carboxylic acids is 1. The molecule has 0 aliphatic carbocycles. The maximum Gasteiger partial charge on any atom is 0.313 e. The predicted molar refractivity (Wildman–Crippen MR) is 81.2 cm³/mol. The number of rotatable bonds is 3. The number of carbonyl (C=O) groups is 1. The Hall–Kier alpha value is -1.86. The summed E-state index contributed by atoms with van der Waals surface area (Å²) in [6, 6.07) is 2.69. The van der Waals surface area contributed by atoms with Crippen LogP contribution in [0, 0.1) is 5.41 Å². The Labute approximate surface area is 136 Å². The molecule has 0 saturated heterocycles. The van der Waals surface area contributed by atoms with Crippen LogP contribution in [0.15, 0.2) is 23.1 Å². The normalized spacial score (nSPS) is 11.5. The monoisotopic (exact) mass is 344 g/mol. The van der Waals surface area contributed by atoms with Crippen LogP contribution in [0.1, 0.15) is 20.8 Å². The van der Waals surface area contributed by atoms with Gasteiger partial charge in [0, 0.05) is 12.3 Å². The molecule has 0 fully saturated rings. The molecule has 7 nitrogen and oxygen atoms in total. The molecule has 0 saturated carbocycles. The maximum atomic E-state index is 11.9. The van der Waals surface area contributed by atoms with E-state index in [9.17, 15) is 9.59 Å². The molecular weight excluding hydrogens is 331 g/mol. The van der Waals surface area contributed by atoms with Gasteiger partial charge in [0.25, 0.3) is 0 Å². The zero-order valence-corrected chi connectivity index (χ0v) is 13.7. The summed E-state index contributed by atoms with van der Waals surface area (Å²) in [6.45, 7) is 4.98. The minimum Gasteiger partial charge on any atom is -0.442 e. The van der Waals surface area contributed by atoms with Crippen molar-refractivity contribution in [1.29, 1.82) is 0 Å². The summed E-state index contributed by atoms with van der Waals surface area (Å²) in [5.74, 6) is -0.407. The fraction of sp³-hybridized carbons (Fsp3) is 0.385. The Morgan fingerprint density at radius 3 is 2.55 bits per heavy atom. The lowest BCUT2D eigenvalue weighted by Crippen LogP contribution is -2.26. The molecule has 0 aromatic carbocycles. The van der Waals surface area contributed by atoms with Gasteiger partial charge >= 0.3 is 5.97 Å². The van der Waals surface area contributed by atoms with Gasteiger partial charge in [-0.05, 0) is 26.8 Å². The Bertz CT molecular complexity index is 761. The molecular formula is C13H14Cl2N4O3. The number of ether oxygens (including phenoxy) is 1. The molecule has 22 heavy (non-hydrogen) atoms. The van der Waals surface area contributed by atoms with Gasteiger partial charge in [-0.2, -0.15) is 5.10 Å². The summed E-state index contributed by atoms with van der Waals surface area (Å²) in [6.07, 6.45) is 1.49. The molecule has 2 heterocycles. The molecule has 2 aromatic heterocycles. The van der Waals surface area contributed by atoms with E-state index < -0.39 is 16.8 Å². The average molecular weight is 345 g/mol. The minimum atomic E-state index is -0.649. The standard InChI is InChI=1S/C13H14Cl2N4O3/c1-13(2,3)12(21)22-7-19-10(15)6-8(20)11(17-19)18-5-4-9(14)16-18/h4-6H,7H2,1-3H3. The van der Waals surface area contributed by atoms with E-state index in [1.807, 2.05) is 0 Å². The Balaban J connectivity index is 2.29. The first-order valence-electron chi connectivity index (χ1n) is 6.35. The average Bonchev–Trinajstić information content (AvgIpc) is 2.82. The van der Waals surface area contributed by atoms with E-state index in [1.54, 1.807) is 20.8 Å². The fourth-order valence-corrected chi connectivity index (χ4v) is 1.79. The van der Waals surface area contributed by atoms with E-state index in [-0.39, 0.29) is 22.9 Å². The van der Waals surface area contributed by atoms with Crippen LogP contribution in [0.4, 0.5) is 0 Å². The van der Waals surface area contributed by atoms with Crippen LogP contribution in [0.5, 0.6) is 0 Å². The number of hydrogen-bond donors (Lipinski definition) is 0. The highest BCUT2D eigenvalue weighted by Crippen LogP contribution is 2.16. The lowest BCUT2D eigenvalue weighted by Gasteiger charge is -2.17. The third-order valence-corrected chi connectivity index (χ3v) is 3.14. The molecule has 0 N–H and O–H groups in total. The van der Waals surface area contributed by atoms with Crippen LogP contribution in [0.25, 0.3) is 5.82 Å². The van der Waals surface area contributed by atoms with Gasteiger partial charge in [0.2, 0.25) is 11.2 Å². The van der Waals surface area contributed by atoms with Crippen molar-refractivity contribution in [2.45, 2.75) is 27.5 Å². The summed E-state index contributed by atoms with van der Waals surface area (Å²) >= 11 is 11.7. The predicted octanol–water partition coefficient (Wildman–Crippen LogP) is 2.28. The van der Waals surface area contributed by atoms with E-state index in [2.05, 4.69) is 10.2 Å². The van der Waals surface area contributed by atoms with Crippen LogP contribution < -0.4 is 5.43 Å². The number of esters is 1. The molecule has 0 unspecified atom stereocenters. The van der Waals surface area contributed by atoms with E-state index in [0.717, 1.165) is 0 Å². The molecule has 0 aliphatic heterocycles. The third-order valence-electron chi connectivity index (χ3n) is 2.64. The molecule has 0 radical (unpaired) electrons. The topological polar surface area (TPSA) is 79.0 Å². The van der Waals surface area contributed by atoms with Crippen molar-refractivity contribution in [3.63, 3.8) is 0 Å². The van der Waals surface area contributed by atoms with Gasteiger partial charge in [-0.15, -0.1) is 5.10 Å². The lowest BCUT2D eigenvalue weighted by atomic mass is 9.98. The Morgan fingerprint density at radius 1 is 1.32 bits per heavy atom. The summed E-state index contributed by atoms with van der Waals surface area (Å²) in [5.41, 5.74) is -1.08. The molecule has 2 rings (SSSR count). The van der Waals surface area contributed by atoms with Gasteiger partial charge in [-0.25, -0.2) is 9.36 Å². The molecule has 0 spiro atoms. The quantitative estimate of drug-likeness (QED) is 0.798. The molecule has 0 atom stereocenters. The second kappa shape index (κ2) is 6.10. The zero-order chi connectivity index (χ0) is 16.5. The highest BCUT2D eigenvalue weighted by Gasteiger charge is 2.23. The van der Waals surface area contributed by atoms with Gasteiger partial charge in [0.05, 0.1) is 5.41 Å². The second-order valence-corrected chi connectivity index (χ2v) is 6.32. The van der Waals surface area contributed by atoms with Gasteiger partial charge in [0.15, 0.2) is 11.9 Å². The Kier molecular flexibility index (Phi) is 4.58. The van der Waals surface area contributed by atoms with Crippen LogP contribution in [-0.4, -0.2) is 25.5 Å². The van der Waals surface area contributed by atoms with Crippen LogP contribution in [-0.2, 0) is 16.3 Å². The second-order valence-electron chi connectivity index (χ2n) is 5.55. The smallest absolute Gasteiger partial charge is 0.313 e.